The second kappa shape index (κ2) is 8.89. The summed E-state index contributed by atoms with van der Waals surface area (Å²) < 4.78 is 10.8. The molecule has 0 atom stereocenters. The van der Waals surface area contributed by atoms with Gasteiger partial charge in [-0.15, -0.1) is 0 Å². The average molecular weight is 356 g/mol. The van der Waals surface area contributed by atoms with E-state index in [1.165, 1.54) is 0 Å². The Labute approximate surface area is 153 Å². The van der Waals surface area contributed by atoms with Crippen LogP contribution in [-0.2, 0) is 4.79 Å². The molecule has 0 aliphatic heterocycles. The first-order chi connectivity index (χ1) is 12.4. The van der Waals surface area contributed by atoms with Gasteiger partial charge in [0.25, 0.3) is 11.8 Å². The molecule has 0 saturated heterocycles. The Morgan fingerprint density at radius 1 is 1.08 bits per heavy atom. The monoisotopic (exact) mass is 356 g/mol. The van der Waals surface area contributed by atoms with Crippen molar-refractivity contribution in [2.24, 2.45) is 0 Å². The van der Waals surface area contributed by atoms with E-state index in [4.69, 9.17) is 9.47 Å². The molecule has 0 spiro atoms. The molecule has 2 rings (SSSR count). The standard InChI is InChI=1S/C20H24N2O4/c1-13(2)21-20(24)15-6-5-7-16(11-15)22-19(23)12-26-17-9-8-14(3)10-18(17)25-4/h5-11,13H,12H2,1-4H3,(H,21,24)(H,22,23). The van der Waals surface area contributed by atoms with E-state index < -0.39 is 0 Å². The summed E-state index contributed by atoms with van der Waals surface area (Å²) in [7, 11) is 1.55. The number of hydrogen-bond acceptors (Lipinski definition) is 4. The smallest absolute Gasteiger partial charge is 0.262 e. The van der Waals surface area contributed by atoms with Crippen molar-refractivity contribution < 1.29 is 19.1 Å². The number of carbonyl (C=O) groups is 2. The van der Waals surface area contributed by atoms with Crippen LogP contribution in [0.2, 0.25) is 0 Å². The van der Waals surface area contributed by atoms with Crippen LogP contribution in [0.3, 0.4) is 0 Å². The summed E-state index contributed by atoms with van der Waals surface area (Å²) in [5, 5.41) is 5.54. The maximum absolute atomic E-state index is 12.1. The van der Waals surface area contributed by atoms with Crippen molar-refractivity contribution >= 4 is 17.5 Å². The van der Waals surface area contributed by atoms with E-state index in [1.807, 2.05) is 32.9 Å². The van der Waals surface area contributed by atoms with E-state index in [0.717, 1.165) is 5.56 Å². The molecule has 0 aliphatic rings. The van der Waals surface area contributed by atoms with Crippen LogP contribution in [0, 0.1) is 6.92 Å². The van der Waals surface area contributed by atoms with Gasteiger partial charge < -0.3 is 20.1 Å². The Bertz CT molecular complexity index is 787. The van der Waals surface area contributed by atoms with E-state index in [9.17, 15) is 9.59 Å². The van der Waals surface area contributed by atoms with Crippen LogP contribution < -0.4 is 20.1 Å². The molecule has 26 heavy (non-hydrogen) atoms. The van der Waals surface area contributed by atoms with Gasteiger partial charge in [-0.25, -0.2) is 0 Å². The summed E-state index contributed by atoms with van der Waals surface area (Å²) >= 11 is 0. The zero-order chi connectivity index (χ0) is 19.1. The highest BCUT2D eigenvalue weighted by Crippen LogP contribution is 2.27. The molecule has 2 aromatic rings. The number of aryl methyl sites for hydroxylation is 1. The normalized spacial score (nSPS) is 10.3. The minimum atomic E-state index is -0.325. The van der Waals surface area contributed by atoms with Crippen molar-refractivity contribution in [1.29, 1.82) is 0 Å². The number of amides is 2. The van der Waals surface area contributed by atoms with Gasteiger partial charge in [0.2, 0.25) is 0 Å². The van der Waals surface area contributed by atoms with Gasteiger partial charge in [0.1, 0.15) is 0 Å². The number of anilines is 1. The molecular formula is C20H24N2O4. The lowest BCUT2D eigenvalue weighted by atomic mass is 10.2. The summed E-state index contributed by atoms with van der Waals surface area (Å²) in [6, 6.07) is 12.3. The molecule has 0 aromatic heterocycles. The molecular weight excluding hydrogens is 332 g/mol. The average Bonchev–Trinajstić information content (AvgIpc) is 2.60. The third-order valence-electron chi connectivity index (χ3n) is 3.51. The SMILES string of the molecule is COc1cc(C)ccc1OCC(=O)Nc1cccc(C(=O)NC(C)C)c1. The fourth-order valence-corrected chi connectivity index (χ4v) is 2.32. The van der Waals surface area contributed by atoms with Crippen molar-refractivity contribution in [2.45, 2.75) is 26.8 Å². The van der Waals surface area contributed by atoms with Crippen molar-refractivity contribution in [1.82, 2.24) is 5.32 Å². The molecule has 6 nitrogen and oxygen atoms in total. The Balaban J connectivity index is 1.97. The van der Waals surface area contributed by atoms with E-state index in [1.54, 1.807) is 37.4 Å². The molecule has 0 fully saturated rings. The van der Waals surface area contributed by atoms with Crippen LogP contribution in [0.1, 0.15) is 29.8 Å². The Morgan fingerprint density at radius 3 is 2.54 bits per heavy atom. The third kappa shape index (κ3) is 5.51. The number of hydrogen-bond donors (Lipinski definition) is 2. The van der Waals surface area contributed by atoms with E-state index in [-0.39, 0.29) is 24.5 Å². The lowest BCUT2D eigenvalue weighted by molar-refractivity contribution is -0.118. The summed E-state index contributed by atoms with van der Waals surface area (Å²) in [6.07, 6.45) is 0. The number of nitrogens with one attached hydrogen (secondary N) is 2. The largest absolute Gasteiger partial charge is 0.493 e. The van der Waals surface area contributed by atoms with Crippen LogP contribution in [0.4, 0.5) is 5.69 Å². The maximum atomic E-state index is 12.1. The number of methoxy groups -OCH3 is 1. The zero-order valence-electron chi connectivity index (χ0n) is 15.5. The first kappa shape index (κ1) is 19.3. The first-order valence-corrected chi connectivity index (χ1v) is 8.37. The van der Waals surface area contributed by atoms with Gasteiger partial charge in [0, 0.05) is 17.3 Å². The van der Waals surface area contributed by atoms with Crippen LogP contribution in [0.15, 0.2) is 42.5 Å². The predicted octanol–water partition coefficient (Wildman–Crippen LogP) is 3.16. The molecule has 0 radical (unpaired) electrons. The number of rotatable bonds is 7. The van der Waals surface area contributed by atoms with Crippen molar-refractivity contribution in [3.8, 4) is 11.5 Å². The van der Waals surface area contributed by atoms with Gasteiger partial charge in [-0.1, -0.05) is 12.1 Å². The van der Waals surface area contributed by atoms with Gasteiger partial charge >= 0.3 is 0 Å². The highest BCUT2D eigenvalue weighted by molar-refractivity contribution is 5.97. The molecule has 0 heterocycles. The first-order valence-electron chi connectivity index (χ1n) is 8.37. The molecule has 2 amide bonds. The number of ether oxygens (including phenoxy) is 2. The quantitative estimate of drug-likeness (QED) is 0.799. The molecule has 6 heteroatoms. The molecule has 0 aliphatic carbocycles. The lowest BCUT2D eigenvalue weighted by Crippen LogP contribution is -2.30. The molecule has 2 N–H and O–H groups in total. The van der Waals surface area contributed by atoms with Gasteiger partial charge in [-0.3, -0.25) is 9.59 Å². The minimum absolute atomic E-state index is 0.0404. The van der Waals surface area contributed by atoms with Gasteiger partial charge in [0.15, 0.2) is 18.1 Å². The van der Waals surface area contributed by atoms with Gasteiger partial charge in [0.05, 0.1) is 7.11 Å². The molecule has 2 aromatic carbocycles. The van der Waals surface area contributed by atoms with Crippen molar-refractivity contribution in [3.05, 3.63) is 53.6 Å². The topological polar surface area (TPSA) is 76.7 Å². The summed E-state index contributed by atoms with van der Waals surface area (Å²) in [5.74, 6) is 0.564. The van der Waals surface area contributed by atoms with E-state index in [0.29, 0.717) is 22.7 Å². The Hall–Kier alpha value is -3.02. The zero-order valence-corrected chi connectivity index (χ0v) is 15.5. The van der Waals surface area contributed by atoms with Crippen LogP contribution >= 0.6 is 0 Å². The third-order valence-corrected chi connectivity index (χ3v) is 3.51. The van der Waals surface area contributed by atoms with Gasteiger partial charge in [-0.05, 0) is 56.7 Å². The summed E-state index contributed by atoms with van der Waals surface area (Å²) in [6.45, 7) is 5.56. The summed E-state index contributed by atoms with van der Waals surface area (Å²) in [4.78, 5) is 24.2. The fraction of sp³-hybridized carbons (Fsp3) is 0.300. The van der Waals surface area contributed by atoms with Crippen molar-refractivity contribution in [3.63, 3.8) is 0 Å². The minimum Gasteiger partial charge on any atom is -0.493 e. The van der Waals surface area contributed by atoms with E-state index in [2.05, 4.69) is 10.6 Å². The number of carbonyl (C=O) groups excluding carboxylic acids is 2. The molecule has 138 valence electrons. The Kier molecular flexibility index (Phi) is 6.60. The van der Waals surface area contributed by atoms with Gasteiger partial charge in [-0.2, -0.15) is 0 Å². The molecule has 0 unspecified atom stereocenters. The highest BCUT2D eigenvalue weighted by atomic mass is 16.5. The molecule has 0 bridgehead atoms. The summed E-state index contributed by atoms with van der Waals surface area (Å²) in [5.41, 5.74) is 2.05. The van der Waals surface area contributed by atoms with Crippen LogP contribution in [-0.4, -0.2) is 31.6 Å². The van der Waals surface area contributed by atoms with Crippen LogP contribution in [0.25, 0.3) is 0 Å². The molecule has 0 saturated carbocycles. The van der Waals surface area contributed by atoms with Crippen LogP contribution in [0.5, 0.6) is 11.5 Å². The Morgan fingerprint density at radius 2 is 1.85 bits per heavy atom. The number of benzene rings is 2. The predicted molar refractivity (Wildman–Crippen MR) is 101 cm³/mol. The second-order valence-electron chi connectivity index (χ2n) is 6.20. The van der Waals surface area contributed by atoms with E-state index >= 15 is 0 Å². The second-order valence-corrected chi connectivity index (χ2v) is 6.20. The highest BCUT2D eigenvalue weighted by Gasteiger charge is 2.11. The lowest BCUT2D eigenvalue weighted by Gasteiger charge is -2.12. The maximum Gasteiger partial charge on any atom is 0.262 e. The fourth-order valence-electron chi connectivity index (χ4n) is 2.32. The van der Waals surface area contributed by atoms with Crippen molar-refractivity contribution in [2.75, 3.05) is 19.0 Å².